The lowest BCUT2D eigenvalue weighted by Crippen LogP contribution is -2.37. The SMILES string of the molecule is CC(C)(C)OC(=O)c1ccc(N/C(=C2\C(=O)Nc3cc(NC(=O)C4Nc5ccccc5N4)ccc32)c2cccnc2)cc1. The van der Waals surface area contributed by atoms with E-state index in [4.69, 9.17) is 4.74 Å². The van der Waals surface area contributed by atoms with E-state index in [0.717, 1.165) is 11.4 Å². The van der Waals surface area contributed by atoms with Crippen LogP contribution in [0.4, 0.5) is 28.4 Å². The van der Waals surface area contributed by atoms with Gasteiger partial charge in [-0.05, 0) is 87.5 Å². The van der Waals surface area contributed by atoms with Gasteiger partial charge in [0.15, 0.2) is 6.17 Å². The minimum absolute atomic E-state index is 0.260. The van der Waals surface area contributed by atoms with Crippen LogP contribution in [-0.2, 0) is 14.3 Å². The standard InChI is InChI=1S/C33H30N6O4/c1-33(2,3)43-32(42)19-10-12-21(13-11-19)35-28(20-7-6-16-34-18-20)27-23-15-14-22(17-26(23)39-30(27)40)36-31(41)29-37-24-8-4-5-9-25(24)38-29/h4-18,29,35,37-38H,1-3H3,(H,36,41)(H,39,40)/b28-27-. The van der Waals surface area contributed by atoms with Gasteiger partial charge in [0.05, 0.1) is 33.9 Å². The summed E-state index contributed by atoms with van der Waals surface area (Å²) in [4.78, 5) is 43.1. The van der Waals surface area contributed by atoms with Crippen molar-refractivity contribution in [3.05, 3.63) is 108 Å². The third-order valence-corrected chi connectivity index (χ3v) is 6.81. The summed E-state index contributed by atoms with van der Waals surface area (Å²) >= 11 is 0. The number of anilines is 5. The van der Waals surface area contributed by atoms with Crippen molar-refractivity contribution in [2.75, 3.05) is 26.6 Å². The number of benzene rings is 3. The Morgan fingerprint density at radius 1 is 0.814 bits per heavy atom. The summed E-state index contributed by atoms with van der Waals surface area (Å²) in [6.45, 7) is 5.45. The van der Waals surface area contributed by atoms with E-state index in [1.807, 2.05) is 51.1 Å². The van der Waals surface area contributed by atoms with Crippen LogP contribution in [0.3, 0.4) is 0 Å². The van der Waals surface area contributed by atoms with Gasteiger partial charge in [-0.25, -0.2) is 4.79 Å². The topological polar surface area (TPSA) is 133 Å². The lowest BCUT2D eigenvalue weighted by Gasteiger charge is -2.19. The van der Waals surface area contributed by atoms with Crippen LogP contribution < -0.4 is 26.6 Å². The molecule has 3 aromatic carbocycles. The Morgan fingerprint density at radius 2 is 1.51 bits per heavy atom. The number of hydrogen-bond acceptors (Lipinski definition) is 8. The summed E-state index contributed by atoms with van der Waals surface area (Å²) in [7, 11) is 0. The molecule has 43 heavy (non-hydrogen) atoms. The molecule has 0 aliphatic carbocycles. The summed E-state index contributed by atoms with van der Waals surface area (Å²) in [5.74, 6) is -0.977. The second-order valence-electron chi connectivity index (χ2n) is 11.2. The number of pyridine rings is 1. The second-order valence-corrected chi connectivity index (χ2v) is 11.2. The molecule has 0 saturated heterocycles. The Labute approximate surface area is 248 Å². The third kappa shape index (κ3) is 5.89. The number of carbonyl (C=O) groups excluding carboxylic acids is 3. The molecule has 2 aliphatic heterocycles. The van der Waals surface area contributed by atoms with Gasteiger partial charge in [0.25, 0.3) is 11.8 Å². The highest BCUT2D eigenvalue weighted by molar-refractivity contribution is 6.37. The predicted molar refractivity (Wildman–Crippen MR) is 167 cm³/mol. The van der Waals surface area contributed by atoms with Crippen molar-refractivity contribution in [3.8, 4) is 0 Å². The first-order valence-corrected chi connectivity index (χ1v) is 13.8. The van der Waals surface area contributed by atoms with Crippen LogP contribution in [-0.4, -0.2) is 34.5 Å². The van der Waals surface area contributed by atoms with Crippen molar-refractivity contribution < 1.29 is 19.1 Å². The number of carbonyl (C=O) groups is 3. The van der Waals surface area contributed by atoms with E-state index in [0.29, 0.717) is 45.0 Å². The number of esters is 1. The fourth-order valence-corrected chi connectivity index (χ4v) is 4.89. The number of ether oxygens (including phenoxy) is 1. The molecular weight excluding hydrogens is 544 g/mol. The zero-order valence-electron chi connectivity index (χ0n) is 23.8. The number of rotatable bonds is 6. The molecule has 3 heterocycles. The molecule has 0 saturated carbocycles. The maximum atomic E-state index is 13.4. The zero-order chi connectivity index (χ0) is 30.1. The van der Waals surface area contributed by atoms with E-state index in [1.165, 1.54) is 0 Å². The molecule has 0 fully saturated rings. The van der Waals surface area contributed by atoms with Crippen LogP contribution >= 0.6 is 0 Å². The van der Waals surface area contributed by atoms with Gasteiger partial charge in [-0.1, -0.05) is 12.1 Å². The minimum atomic E-state index is -0.626. The third-order valence-electron chi connectivity index (χ3n) is 6.81. The van der Waals surface area contributed by atoms with E-state index in [2.05, 4.69) is 31.6 Å². The smallest absolute Gasteiger partial charge is 0.338 e. The van der Waals surface area contributed by atoms with Crippen molar-refractivity contribution in [2.24, 2.45) is 0 Å². The largest absolute Gasteiger partial charge is 0.456 e. The lowest BCUT2D eigenvalue weighted by molar-refractivity contribution is -0.116. The number of aromatic nitrogens is 1. The van der Waals surface area contributed by atoms with Crippen LogP contribution in [0.2, 0.25) is 0 Å². The quantitative estimate of drug-likeness (QED) is 0.145. The van der Waals surface area contributed by atoms with E-state index >= 15 is 0 Å². The molecule has 216 valence electrons. The second kappa shape index (κ2) is 11.0. The number of fused-ring (bicyclic) bond motifs is 2. The van der Waals surface area contributed by atoms with Gasteiger partial charge < -0.3 is 31.3 Å². The van der Waals surface area contributed by atoms with Crippen molar-refractivity contribution in [1.82, 2.24) is 4.98 Å². The Hall–Kier alpha value is -5.64. The number of amides is 2. The Bertz CT molecular complexity index is 1740. The number of hydrogen-bond donors (Lipinski definition) is 5. The zero-order valence-corrected chi connectivity index (χ0v) is 23.8. The first-order valence-electron chi connectivity index (χ1n) is 13.8. The fraction of sp³-hybridized carbons (Fsp3) is 0.152. The van der Waals surface area contributed by atoms with Crippen molar-refractivity contribution in [3.63, 3.8) is 0 Å². The van der Waals surface area contributed by atoms with Gasteiger partial charge in [0.1, 0.15) is 5.60 Å². The van der Waals surface area contributed by atoms with Crippen molar-refractivity contribution >= 4 is 57.5 Å². The van der Waals surface area contributed by atoms with E-state index < -0.39 is 17.7 Å². The first-order chi connectivity index (χ1) is 20.6. The van der Waals surface area contributed by atoms with Crippen LogP contribution in [0.5, 0.6) is 0 Å². The highest BCUT2D eigenvalue weighted by Gasteiger charge is 2.30. The van der Waals surface area contributed by atoms with E-state index in [9.17, 15) is 14.4 Å². The molecule has 0 atom stereocenters. The molecule has 2 aliphatic rings. The molecule has 2 amide bonds. The van der Waals surface area contributed by atoms with Crippen LogP contribution in [0, 0.1) is 0 Å². The monoisotopic (exact) mass is 574 g/mol. The average Bonchev–Trinajstić information content (AvgIpc) is 3.56. The normalized spacial score (nSPS) is 14.9. The summed E-state index contributed by atoms with van der Waals surface area (Å²) in [6.07, 6.45) is 2.70. The molecule has 10 nitrogen and oxygen atoms in total. The summed E-state index contributed by atoms with van der Waals surface area (Å²) < 4.78 is 5.46. The average molecular weight is 575 g/mol. The van der Waals surface area contributed by atoms with Gasteiger partial charge in [0, 0.05) is 34.9 Å². The van der Waals surface area contributed by atoms with Crippen molar-refractivity contribution in [1.29, 1.82) is 0 Å². The molecule has 0 unspecified atom stereocenters. The van der Waals surface area contributed by atoms with Crippen LogP contribution in [0.25, 0.3) is 11.3 Å². The molecule has 6 rings (SSSR count). The molecule has 0 radical (unpaired) electrons. The molecule has 5 N–H and O–H groups in total. The maximum Gasteiger partial charge on any atom is 0.338 e. The molecular formula is C33H30N6O4. The van der Waals surface area contributed by atoms with E-state index in [1.54, 1.807) is 60.9 Å². The fourth-order valence-electron chi connectivity index (χ4n) is 4.89. The lowest BCUT2D eigenvalue weighted by atomic mass is 10.0. The molecule has 0 spiro atoms. The first kappa shape index (κ1) is 27.5. The van der Waals surface area contributed by atoms with Crippen LogP contribution in [0.1, 0.15) is 42.3 Å². The number of nitrogens with one attached hydrogen (secondary N) is 5. The molecule has 0 bridgehead atoms. The van der Waals surface area contributed by atoms with Crippen LogP contribution in [0.15, 0.2) is 91.3 Å². The predicted octanol–water partition coefficient (Wildman–Crippen LogP) is 5.77. The Morgan fingerprint density at radius 3 is 2.16 bits per heavy atom. The highest BCUT2D eigenvalue weighted by Crippen LogP contribution is 2.39. The van der Waals surface area contributed by atoms with E-state index in [-0.39, 0.29) is 11.8 Å². The number of para-hydroxylation sites is 2. The summed E-state index contributed by atoms with van der Waals surface area (Å²) in [6, 6.07) is 23.4. The highest BCUT2D eigenvalue weighted by atomic mass is 16.6. The van der Waals surface area contributed by atoms with Gasteiger partial charge in [-0.15, -0.1) is 0 Å². The Balaban J connectivity index is 1.27. The minimum Gasteiger partial charge on any atom is -0.456 e. The molecule has 1 aromatic heterocycles. The number of nitrogens with zero attached hydrogens (tertiary/aromatic N) is 1. The Kier molecular flexibility index (Phi) is 7.03. The van der Waals surface area contributed by atoms with Gasteiger partial charge in [-0.2, -0.15) is 0 Å². The van der Waals surface area contributed by atoms with Crippen molar-refractivity contribution in [2.45, 2.75) is 32.5 Å². The maximum absolute atomic E-state index is 13.4. The van der Waals surface area contributed by atoms with Gasteiger partial charge in [0.2, 0.25) is 0 Å². The summed E-state index contributed by atoms with van der Waals surface area (Å²) in [5.41, 5.74) is 5.64. The van der Waals surface area contributed by atoms with Gasteiger partial charge >= 0.3 is 5.97 Å². The summed E-state index contributed by atoms with van der Waals surface area (Å²) in [5, 5.41) is 15.5. The molecule has 4 aromatic rings. The molecule has 10 heteroatoms. The van der Waals surface area contributed by atoms with Gasteiger partial charge in [-0.3, -0.25) is 14.6 Å².